The number of carbonyl (C=O) groups is 4. The van der Waals surface area contributed by atoms with Gasteiger partial charge in [-0.15, -0.1) is 0 Å². The lowest BCUT2D eigenvalue weighted by Gasteiger charge is -2.14. The van der Waals surface area contributed by atoms with Crippen LogP contribution in [0.25, 0.3) is 0 Å². The number of carbonyl (C=O) groups excluding carboxylic acids is 3. The number of benzene rings is 2. The molecule has 32 heavy (non-hydrogen) atoms. The molecule has 4 N–H and O–H groups in total. The summed E-state index contributed by atoms with van der Waals surface area (Å²) in [5.74, 6) is -2.19. The van der Waals surface area contributed by atoms with Crippen LogP contribution in [0.3, 0.4) is 0 Å². The maximum atomic E-state index is 12.6. The van der Waals surface area contributed by atoms with Crippen LogP contribution >= 0.6 is 0 Å². The summed E-state index contributed by atoms with van der Waals surface area (Å²) in [6, 6.07) is 8.85. The van der Waals surface area contributed by atoms with Crippen molar-refractivity contribution >= 4 is 29.4 Å². The van der Waals surface area contributed by atoms with Crippen LogP contribution in [-0.2, 0) is 9.59 Å². The van der Waals surface area contributed by atoms with Gasteiger partial charge in [0.25, 0.3) is 17.7 Å². The van der Waals surface area contributed by atoms with Gasteiger partial charge in [0.2, 0.25) is 5.75 Å². The van der Waals surface area contributed by atoms with Gasteiger partial charge in [-0.3, -0.25) is 25.2 Å². The fourth-order valence-electron chi connectivity index (χ4n) is 2.50. The van der Waals surface area contributed by atoms with Crippen LogP contribution in [0.1, 0.15) is 20.7 Å². The first-order chi connectivity index (χ1) is 15.3. The summed E-state index contributed by atoms with van der Waals surface area (Å²) in [4.78, 5) is 46.4. The molecule has 0 unspecified atom stereocenters. The van der Waals surface area contributed by atoms with Crippen molar-refractivity contribution in [3.8, 4) is 17.2 Å². The highest BCUT2D eigenvalue weighted by atomic mass is 16.5. The van der Waals surface area contributed by atoms with E-state index in [0.29, 0.717) is 29.0 Å². The van der Waals surface area contributed by atoms with Gasteiger partial charge in [-0.1, -0.05) is 0 Å². The second-order valence-corrected chi connectivity index (χ2v) is 6.06. The van der Waals surface area contributed by atoms with Crippen molar-refractivity contribution < 1.29 is 38.5 Å². The first kappa shape index (κ1) is 23.7. The molecule has 0 aromatic heterocycles. The number of hydrogen-bond donors (Lipinski definition) is 4. The monoisotopic (exact) mass is 443 g/mol. The largest absolute Gasteiger partial charge is 0.493 e. The summed E-state index contributed by atoms with van der Waals surface area (Å²) in [5, 5.41) is 11.1. The normalized spacial score (nSPS) is 10.2. The highest BCUT2D eigenvalue weighted by Crippen LogP contribution is 2.38. The van der Waals surface area contributed by atoms with Gasteiger partial charge < -0.3 is 24.6 Å². The number of aliphatic carboxylic acids is 1. The zero-order chi connectivity index (χ0) is 23.7. The predicted octanol–water partition coefficient (Wildman–Crippen LogP) is 1.37. The summed E-state index contributed by atoms with van der Waals surface area (Å²) in [5.41, 5.74) is 5.04. The van der Waals surface area contributed by atoms with Crippen molar-refractivity contribution in [3.05, 3.63) is 59.7 Å². The minimum absolute atomic E-state index is 0.193. The summed E-state index contributed by atoms with van der Waals surface area (Å²) < 4.78 is 15.7. The molecule has 0 fully saturated rings. The van der Waals surface area contributed by atoms with Crippen LogP contribution in [0.15, 0.2) is 48.6 Å². The van der Waals surface area contributed by atoms with Gasteiger partial charge in [-0.25, -0.2) is 4.79 Å². The van der Waals surface area contributed by atoms with Crippen molar-refractivity contribution in [2.45, 2.75) is 0 Å². The molecular formula is C21H21N3O8. The lowest BCUT2D eigenvalue weighted by Crippen LogP contribution is -2.40. The zero-order valence-electron chi connectivity index (χ0n) is 17.4. The maximum absolute atomic E-state index is 12.6. The molecule has 0 saturated heterocycles. The Bertz CT molecular complexity index is 1020. The van der Waals surface area contributed by atoms with Gasteiger partial charge in [-0.2, -0.15) is 0 Å². The highest BCUT2D eigenvalue weighted by Gasteiger charge is 2.17. The van der Waals surface area contributed by atoms with Crippen LogP contribution < -0.4 is 30.4 Å². The van der Waals surface area contributed by atoms with Crippen molar-refractivity contribution in [2.75, 3.05) is 26.6 Å². The molecule has 0 radical (unpaired) electrons. The number of hydrogen-bond acceptors (Lipinski definition) is 7. The van der Waals surface area contributed by atoms with Gasteiger partial charge in [0.1, 0.15) is 0 Å². The number of ether oxygens (including phenoxy) is 3. The Morgan fingerprint density at radius 1 is 0.781 bits per heavy atom. The second kappa shape index (κ2) is 11.0. The molecule has 11 nitrogen and oxygen atoms in total. The van der Waals surface area contributed by atoms with Gasteiger partial charge in [-0.05, 0) is 36.4 Å². The molecule has 0 heterocycles. The number of hydrazine groups is 1. The Morgan fingerprint density at radius 2 is 1.38 bits per heavy atom. The lowest BCUT2D eigenvalue weighted by molar-refractivity contribution is -0.131. The second-order valence-electron chi connectivity index (χ2n) is 6.06. The van der Waals surface area contributed by atoms with Crippen molar-refractivity contribution in [2.24, 2.45) is 0 Å². The number of rotatable bonds is 8. The first-order valence-corrected chi connectivity index (χ1v) is 9.01. The molecule has 2 aromatic carbocycles. The summed E-state index contributed by atoms with van der Waals surface area (Å²) in [7, 11) is 4.33. The van der Waals surface area contributed by atoms with Crippen LogP contribution in [0.5, 0.6) is 17.2 Å². The molecule has 2 rings (SSSR count). The molecular weight excluding hydrogens is 422 g/mol. The number of anilines is 1. The third-order valence-electron chi connectivity index (χ3n) is 4.01. The molecule has 0 aliphatic heterocycles. The molecule has 168 valence electrons. The van der Waals surface area contributed by atoms with E-state index in [0.717, 1.165) is 6.08 Å². The Labute approximate surface area is 182 Å². The zero-order valence-corrected chi connectivity index (χ0v) is 17.4. The Hall–Kier alpha value is -4.54. The summed E-state index contributed by atoms with van der Waals surface area (Å²) in [6.45, 7) is 0. The third kappa shape index (κ3) is 6.23. The van der Waals surface area contributed by atoms with Gasteiger partial charge in [0.05, 0.1) is 21.3 Å². The van der Waals surface area contributed by atoms with Gasteiger partial charge in [0, 0.05) is 29.0 Å². The summed E-state index contributed by atoms with van der Waals surface area (Å²) >= 11 is 0. The maximum Gasteiger partial charge on any atom is 0.328 e. The average Bonchev–Trinajstić information content (AvgIpc) is 2.80. The molecule has 0 saturated carbocycles. The molecule has 11 heteroatoms. The fraction of sp³-hybridized carbons (Fsp3) is 0.143. The lowest BCUT2D eigenvalue weighted by atomic mass is 10.1. The third-order valence-corrected chi connectivity index (χ3v) is 4.01. The standard InChI is InChI=1S/C21H21N3O8/c1-30-15-10-13(11-16(31-2)19(15)32-3)20(28)22-14-6-4-12(5-7-14)21(29)24-23-17(25)8-9-18(26)27/h4-11H,1-3H3,(H,22,28)(H,23,25)(H,24,29)(H,26,27)/b9-8+. The van der Waals surface area contributed by atoms with E-state index in [1.165, 1.54) is 57.7 Å². The number of carboxylic acid groups (broad SMARTS) is 1. The van der Waals surface area contributed by atoms with Crippen LogP contribution in [0.2, 0.25) is 0 Å². The summed E-state index contributed by atoms with van der Waals surface area (Å²) in [6.07, 6.45) is 1.39. The van der Waals surface area contributed by atoms with E-state index in [1.54, 1.807) is 0 Å². The van der Waals surface area contributed by atoms with E-state index < -0.39 is 23.7 Å². The van der Waals surface area contributed by atoms with E-state index in [4.69, 9.17) is 19.3 Å². The molecule has 0 aliphatic carbocycles. The van der Waals surface area contributed by atoms with Crippen molar-refractivity contribution in [3.63, 3.8) is 0 Å². The van der Waals surface area contributed by atoms with E-state index in [-0.39, 0.29) is 11.1 Å². The fourth-order valence-corrected chi connectivity index (χ4v) is 2.50. The molecule has 2 aromatic rings. The van der Waals surface area contributed by atoms with Crippen LogP contribution in [-0.4, -0.2) is 50.1 Å². The molecule has 0 atom stereocenters. The van der Waals surface area contributed by atoms with E-state index in [2.05, 4.69) is 10.7 Å². The smallest absolute Gasteiger partial charge is 0.328 e. The van der Waals surface area contributed by atoms with Crippen LogP contribution in [0.4, 0.5) is 5.69 Å². The number of methoxy groups -OCH3 is 3. The van der Waals surface area contributed by atoms with E-state index >= 15 is 0 Å². The number of nitrogens with one attached hydrogen (secondary N) is 3. The Balaban J connectivity index is 2.04. The quantitative estimate of drug-likeness (QED) is 0.353. The SMILES string of the molecule is COc1cc(C(=O)Nc2ccc(C(=O)NNC(=O)/C=C/C(=O)O)cc2)cc(OC)c1OC. The van der Waals surface area contributed by atoms with Gasteiger partial charge in [0.15, 0.2) is 11.5 Å². The van der Waals surface area contributed by atoms with Crippen LogP contribution in [0, 0.1) is 0 Å². The van der Waals surface area contributed by atoms with Crippen molar-refractivity contribution in [1.29, 1.82) is 0 Å². The van der Waals surface area contributed by atoms with Gasteiger partial charge >= 0.3 is 5.97 Å². The minimum Gasteiger partial charge on any atom is -0.493 e. The molecule has 0 aliphatic rings. The number of amides is 3. The van der Waals surface area contributed by atoms with Crippen molar-refractivity contribution in [1.82, 2.24) is 10.9 Å². The molecule has 3 amide bonds. The topological polar surface area (TPSA) is 152 Å². The Morgan fingerprint density at radius 3 is 1.88 bits per heavy atom. The van der Waals surface area contributed by atoms with E-state index in [1.807, 2.05) is 5.43 Å². The average molecular weight is 443 g/mol. The van der Waals surface area contributed by atoms with E-state index in [9.17, 15) is 19.2 Å². The predicted molar refractivity (Wildman–Crippen MR) is 113 cm³/mol. The minimum atomic E-state index is -1.30. The molecule has 0 spiro atoms. The number of carboxylic acids is 1. The first-order valence-electron chi connectivity index (χ1n) is 9.01. The molecule has 0 bridgehead atoms. The highest BCUT2D eigenvalue weighted by molar-refractivity contribution is 6.05. The Kier molecular flexibility index (Phi) is 8.17.